The minimum absolute atomic E-state index is 0. The number of anilines is 1. The first-order valence-electron chi connectivity index (χ1n) is 8.66. The van der Waals surface area contributed by atoms with Crippen molar-refractivity contribution in [3.63, 3.8) is 0 Å². The number of benzene rings is 2. The van der Waals surface area contributed by atoms with E-state index < -0.39 is 0 Å². The number of hydrogen-bond acceptors (Lipinski definition) is 5. The van der Waals surface area contributed by atoms with Crippen molar-refractivity contribution in [1.29, 1.82) is 0 Å². The van der Waals surface area contributed by atoms with Crippen molar-refractivity contribution in [1.82, 2.24) is 15.3 Å². The molecular formula is C19H25ClN6O. The van der Waals surface area contributed by atoms with Crippen molar-refractivity contribution in [2.75, 3.05) is 18.8 Å². The molecule has 1 amide bonds. The molecule has 0 saturated heterocycles. The third kappa shape index (κ3) is 5.19. The Kier molecular flexibility index (Phi) is 7.18. The van der Waals surface area contributed by atoms with Gasteiger partial charge in [-0.25, -0.2) is 4.98 Å². The van der Waals surface area contributed by atoms with E-state index in [2.05, 4.69) is 15.3 Å². The number of H-pyrrole nitrogens is 1. The van der Waals surface area contributed by atoms with Gasteiger partial charge in [-0.2, -0.15) is 0 Å². The van der Waals surface area contributed by atoms with E-state index in [0.717, 1.165) is 40.7 Å². The van der Waals surface area contributed by atoms with Gasteiger partial charge in [0.1, 0.15) is 0 Å². The molecule has 8 N–H and O–H groups in total. The number of fused-ring (bicyclic) bond motifs is 1. The van der Waals surface area contributed by atoms with E-state index in [1.165, 1.54) is 0 Å². The Labute approximate surface area is 164 Å². The van der Waals surface area contributed by atoms with E-state index in [9.17, 15) is 4.79 Å². The molecule has 1 unspecified atom stereocenters. The smallest absolute Gasteiger partial charge is 0.287 e. The Hall–Kier alpha value is -2.61. The minimum atomic E-state index is -0.265. The molecule has 144 valence electrons. The number of carbonyl (C=O) groups is 1. The number of aromatic amines is 1. The number of nitrogens with one attached hydrogen (secondary N) is 2. The molecule has 3 aromatic rings. The summed E-state index contributed by atoms with van der Waals surface area (Å²) in [5.74, 6) is 0.0129. The van der Waals surface area contributed by atoms with Gasteiger partial charge in [0.25, 0.3) is 5.91 Å². The summed E-state index contributed by atoms with van der Waals surface area (Å²) in [4.78, 5) is 19.7. The quantitative estimate of drug-likeness (QED) is 0.394. The SMILES string of the molecule is Cl.NCCCC(N)CNC(=O)c1nc2ccc(-c3ccc(N)cc3)cc2[nH]1. The minimum Gasteiger partial charge on any atom is -0.399 e. The molecular weight excluding hydrogens is 364 g/mol. The maximum absolute atomic E-state index is 12.3. The molecule has 0 aliphatic heterocycles. The molecule has 1 heterocycles. The molecule has 8 heteroatoms. The molecule has 0 fully saturated rings. The van der Waals surface area contributed by atoms with Crippen LogP contribution >= 0.6 is 12.4 Å². The van der Waals surface area contributed by atoms with Gasteiger partial charge < -0.3 is 27.5 Å². The highest BCUT2D eigenvalue weighted by molar-refractivity contribution is 5.95. The fourth-order valence-electron chi connectivity index (χ4n) is 2.76. The average molecular weight is 389 g/mol. The van der Waals surface area contributed by atoms with Crippen LogP contribution in [0.1, 0.15) is 23.5 Å². The van der Waals surface area contributed by atoms with Crippen LogP contribution in [0.2, 0.25) is 0 Å². The lowest BCUT2D eigenvalue weighted by atomic mass is 10.0. The van der Waals surface area contributed by atoms with Crippen molar-refractivity contribution in [2.24, 2.45) is 11.5 Å². The molecule has 7 nitrogen and oxygen atoms in total. The molecule has 1 atom stereocenters. The van der Waals surface area contributed by atoms with E-state index >= 15 is 0 Å². The number of nitrogens with zero attached hydrogens (tertiary/aromatic N) is 1. The molecule has 0 aliphatic rings. The van der Waals surface area contributed by atoms with E-state index in [1.807, 2.05) is 42.5 Å². The van der Waals surface area contributed by atoms with Crippen LogP contribution in [0.25, 0.3) is 22.2 Å². The van der Waals surface area contributed by atoms with Gasteiger partial charge in [-0.15, -0.1) is 12.4 Å². The molecule has 0 spiro atoms. The van der Waals surface area contributed by atoms with E-state index in [0.29, 0.717) is 13.1 Å². The predicted octanol–water partition coefficient (Wildman–Crippen LogP) is 2.03. The molecule has 0 bridgehead atoms. The Morgan fingerprint density at radius 2 is 1.85 bits per heavy atom. The molecule has 0 radical (unpaired) electrons. The number of amides is 1. The fourth-order valence-corrected chi connectivity index (χ4v) is 2.76. The highest BCUT2D eigenvalue weighted by atomic mass is 35.5. The topological polar surface area (TPSA) is 136 Å². The largest absolute Gasteiger partial charge is 0.399 e. The number of aromatic nitrogens is 2. The highest BCUT2D eigenvalue weighted by Gasteiger charge is 2.13. The van der Waals surface area contributed by atoms with Crippen LogP contribution in [0.15, 0.2) is 42.5 Å². The number of halogens is 1. The third-order valence-corrected chi connectivity index (χ3v) is 4.24. The van der Waals surface area contributed by atoms with Gasteiger partial charge in [0.05, 0.1) is 11.0 Å². The second kappa shape index (κ2) is 9.36. The molecule has 27 heavy (non-hydrogen) atoms. The van der Waals surface area contributed by atoms with Crippen LogP contribution in [0.4, 0.5) is 5.69 Å². The van der Waals surface area contributed by atoms with Gasteiger partial charge in [0.15, 0.2) is 5.82 Å². The number of nitrogens with two attached hydrogens (primary N) is 3. The monoisotopic (exact) mass is 388 g/mol. The number of rotatable bonds is 7. The standard InChI is InChI=1S/C19H24N6O.ClH/c20-9-1-2-15(22)11-23-19(26)18-24-16-8-5-13(10-17(16)25-18)12-3-6-14(21)7-4-12;/h3-8,10,15H,1-2,9,11,20-22H2,(H,23,26)(H,24,25);1H. The lowest BCUT2D eigenvalue weighted by molar-refractivity contribution is 0.0941. The first kappa shape index (κ1) is 20.7. The van der Waals surface area contributed by atoms with E-state index in [4.69, 9.17) is 17.2 Å². The zero-order valence-electron chi connectivity index (χ0n) is 14.9. The molecule has 0 saturated carbocycles. The van der Waals surface area contributed by atoms with Crippen LogP contribution in [-0.2, 0) is 0 Å². The summed E-state index contributed by atoms with van der Waals surface area (Å²) in [7, 11) is 0. The summed E-state index contributed by atoms with van der Waals surface area (Å²) in [5.41, 5.74) is 21.5. The normalized spacial score (nSPS) is 11.8. The van der Waals surface area contributed by atoms with Crippen molar-refractivity contribution in [3.05, 3.63) is 48.3 Å². The summed E-state index contributed by atoms with van der Waals surface area (Å²) in [6.45, 7) is 0.994. The first-order chi connectivity index (χ1) is 12.6. The summed E-state index contributed by atoms with van der Waals surface area (Å²) in [6, 6.07) is 13.4. The summed E-state index contributed by atoms with van der Waals surface area (Å²) >= 11 is 0. The predicted molar refractivity (Wildman–Crippen MR) is 112 cm³/mol. The number of carbonyl (C=O) groups excluding carboxylic acids is 1. The number of imidazole rings is 1. The van der Waals surface area contributed by atoms with Crippen molar-refractivity contribution < 1.29 is 4.79 Å². The van der Waals surface area contributed by atoms with Gasteiger partial charge in [0, 0.05) is 18.3 Å². The summed E-state index contributed by atoms with van der Waals surface area (Å²) in [5, 5.41) is 2.81. The van der Waals surface area contributed by atoms with Crippen molar-refractivity contribution in [3.8, 4) is 11.1 Å². The Morgan fingerprint density at radius 1 is 1.15 bits per heavy atom. The van der Waals surface area contributed by atoms with Gasteiger partial charge in [-0.3, -0.25) is 4.79 Å². The van der Waals surface area contributed by atoms with Gasteiger partial charge >= 0.3 is 0 Å². The number of hydrogen-bond donors (Lipinski definition) is 5. The van der Waals surface area contributed by atoms with Crippen LogP contribution in [-0.4, -0.2) is 35.0 Å². The fraction of sp³-hybridized carbons (Fsp3) is 0.263. The third-order valence-electron chi connectivity index (χ3n) is 4.24. The Morgan fingerprint density at radius 3 is 2.56 bits per heavy atom. The lowest BCUT2D eigenvalue weighted by Gasteiger charge is -2.11. The Balaban J connectivity index is 0.00000261. The Bertz CT molecular complexity index is 893. The maximum Gasteiger partial charge on any atom is 0.287 e. The molecule has 1 aromatic heterocycles. The van der Waals surface area contributed by atoms with Crippen LogP contribution in [0, 0.1) is 0 Å². The van der Waals surface area contributed by atoms with E-state index in [-0.39, 0.29) is 30.2 Å². The van der Waals surface area contributed by atoms with Gasteiger partial charge in [-0.1, -0.05) is 18.2 Å². The zero-order valence-corrected chi connectivity index (χ0v) is 15.8. The van der Waals surface area contributed by atoms with Crippen molar-refractivity contribution in [2.45, 2.75) is 18.9 Å². The van der Waals surface area contributed by atoms with Crippen LogP contribution < -0.4 is 22.5 Å². The van der Waals surface area contributed by atoms with E-state index in [1.54, 1.807) is 0 Å². The lowest BCUT2D eigenvalue weighted by Crippen LogP contribution is -2.37. The van der Waals surface area contributed by atoms with Gasteiger partial charge in [-0.05, 0) is 54.8 Å². The molecule has 3 rings (SSSR count). The summed E-state index contributed by atoms with van der Waals surface area (Å²) < 4.78 is 0. The second-order valence-corrected chi connectivity index (χ2v) is 6.34. The van der Waals surface area contributed by atoms with Gasteiger partial charge in [0.2, 0.25) is 0 Å². The maximum atomic E-state index is 12.3. The van der Waals surface area contributed by atoms with Crippen LogP contribution in [0.5, 0.6) is 0 Å². The van der Waals surface area contributed by atoms with Crippen LogP contribution in [0.3, 0.4) is 0 Å². The zero-order chi connectivity index (χ0) is 18.5. The molecule has 2 aromatic carbocycles. The van der Waals surface area contributed by atoms with Crippen molar-refractivity contribution >= 4 is 35.0 Å². The highest BCUT2D eigenvalue weighted by Crippen LogP contribution is 2.24. The number of nitrogen functional groups attached to an aromatic ring is 1. The first-order valence-corrected chi connectivity index (χ1v) is 8.66. The summed E-state index contributed by atoms with van der Waals surface area (Å²) in [6.07, 6.45) is 1.62. The molecule has 0 aliphatic carbocycles. The second-order valence-electron chi connectivity index (χ2n) is 6.34. The average Bonchev–Trinajstić information content (AvgIpc) is 3.08.